The van der Waals surface area contributed by atoms with Gasteiger partial charge in [-0.15, -0.1) is 22.7 Å². The first-order valence-corrected chi connectivity index (χ1v) is 7.57. The van der Waals surface area contributed by atoms with E-state index < -0.39 is 0 Å². The molecule has 2 nitrogen and oxygen atoms in total. The second kappa shape index (κ2) is 8.00. The first-order valence-electron chi connectivity index (χ1n) is 5.81. The number of rotatable bonds is 7. The van der Waals surface area contributed by atoms with E-state index in [1.54, 1.807) is 22.7 Å². The lowest BCUT2D eigenvalue weighted by molar-refractivity contribution is 0.612. The lowest BCUT2D eigenvalue weighted by Crippen LogP contribution is -2.31. The van der Waals surface area contributed by atoms with Gasteiger partial charge in [0.15, 0.2) is 0 Å². The van der Waals surface area contributed by atoms with E-state index >= 15 is 0 Å². The topological polar surface area (TPSA) is 24.1 Å². The third-order valence-corrected chi connectivity index (χ3v) is 3.89. The van der Waals surface area contributed by atoms with E-state index in [0.717, 1.165) is 13.1 Å². The average molecular weight is 276 g/mol. The summed E-state index contributed by atoms with van der Waals surface area (Å²) in [6.07, 6.45) is 8.48. The summed E-state index contributed by atoms with van der Waals surface area (Å²) in [5.41, 5.74) is 6.30. The summed E-state index contributed by atoms with van der Waals surface area (Å²) >= 11 is 3.50. The zero-order chi connectivity index (χ0) is 12.5. The molecule has 0 aliphatic rings. The maximum atomic E-state index is 3.15. The Bertz CT molecular complexity index is 424. The molecule has 2 rings (SSSR count). The van der Waals surface area contributed by atoms with E-state index in [4.69, 9.17) is 0 Å². The molecule has 4 heteroatoms. The predicted molar refractivity (Wildman–Crippen MR) is 82.7 cm³/mol. The molecule has 0 saturated heterocycles. The van der Waals surface area contributed by atoms with E-state index in [2.05, 4.69) is 70.2 Å². The van der Waals surface area contributed by atoms with E-state index in [1.165, 1.54) is 9.75 Å². The van der Waals surface area contributed by atoms with Gasteiger partial charge in [0.05, 0.1) is 0 Å². The minimum absolute atomic E-state index is 0.824. The number of hydrogen-bond donors (Lipinski definition) is 2. The molecule has 18 heavy (non-hydrogen) atoms. The monoisotopic (exact) mass is 276 g/mol. The first kappa shape index (κ1) is 13.2. The number of thiophene rings is 2. The zero-order valence-corrected chi connectivity index (χ0v) is 11.6. The molecule has 0 aromatic carbocycles. The van der Waals surface area contributed by atoms with Crippen LogP contribution < -0.4 is 10.9 Å². The molecule has 0 unspecified atom stereocenters. The van der Waals surface area contributed by atoms with Gasteiger partial charge in [0.2, 0.25) is 0 Å². The highest BCUT2D eigenvalue weighted by molar-refractivity contribution is 7.11. The van der Waals surface area contributed by atoms with Gasteiger partial charge < -0.3 is 0 Å². The third-order valence-electron chi connectivity index (χ3n) is 2.22. The second-order valence-electron chi connectivity index (χ2n) is 3.60. The van der Waals surface area contributed by atoms with Crippen molar-refractivity contribution in [1.29, 1.82) is 0 Å². The SMILES string of the molecule is C(=C/c1cccs1)/CNNC/C=C/c1cccs1. The van der Waals surface area contributed by atoms with Crippen molar-refractivity contribution in [3.05, 3.63) is 56.9 Å². The molecule has 2 N–H and O–H groups in total. The zero-order valence-electron chi connectivity index (χ0n) is 10.0. The van der Waals surface area contributed by atoms with Crippen LogP contribution in [-0.2, 0) is 0 Å². The van der Waals surface area contributed by atoms with Crippen molar-refractivity contribution < 1.29 is 0 Å². The van der Waals surface area contributed by atoms with Crippen molar-refractivity contribution in [3.8, 4) is 0 Å². The Hall–Kier alpha value is -1.20. The van der Waals surface area contributed by atoms with E-state index in [1.807, 2.05) is 0 Å². The van der Waals surface area contributed by atoms with E-state index in [-0.39, 0.29) is 0 Å². The molecule has 0 radical (unpaired) electrons. The molecule has 94 valence electrons. The molecule has 0 saturated carbocycles. The van der Waals surface area contributed by atoms with Gasteiger partial charge in [-0.05, 0) is 35.0 Å². The van der Waals surface area contributed by atoms with Crippen LogP contribution in [0.3, 0.4) is 0 Å². The van der Waals surface area contributed by atoms with E-state index in [0.29, 0.717) is 0 Å². The highest BCUT2D eigenvalue weighted by Gasteiger charge is 1.86. The maximum Gasteiger partial charge on any atom is 0.0284 e. The van der Waals surface area contributed by atoms with Crippen molar-refractivity contribution in [3.63, 3.8) is 0 Å². The molecule has 0 atom stereocenters. The second-order valence-corrected chi connectivity index (χ2v) is 5.56. The standard InChI is InChI=1S/C14H16N2S2/c1(5-13-7-3-11-17-13)9-15-16-10-2-6-14-8-4-12-18-14/h1-8,11-12,15-16H,9-10H2/b5-1-,6-2+. The molecule has 2 heterocycles. The fourth-order valence-electron chi connectivity index (χ4n) is 1.38. The third kappa shape index (κ3) is 4.98. The Balaban J connectivity index is 1.54. The summed E-state index contributed by atoms with van der Waals surface area (Å²) in [6, 6.07) is 8.34. The minimum atomic E-state index is 0.824. The molecule has 0 fully saturated rings. The highest BCUT2D eigenvalue weighted by atomic mass is 32.1. The van der Waals surface area contributed by atoms with Crippen LogP contribution in [0.1, 0.15) is 9.75 Å². The van der Waals surface area contributed by atoms with Gasteiger partial charge in [-0.25, -0.2) is 0 Å². The molecule has 0 aliphatic carbocycles. The van der Waals surface area contributed by atoms with Gasteiger partial charge in [-0.1, -0.05) is 24.3 Å². The molecular formula is C14H16N2S2. The van der Waals surface area contributed by atoms with Crippen LogP contribution in [0, 0.1) is 0 Å². The van der Waals surface area contributed by atoms with Crippen molar-refractivity contribution >= 4 is 34.8 Å². The molecule has 0 aliphatic heterocycles. The summed E-state index contributed by atoms with van der Waals surface area (Å²) in [6.45, 7) is 1.65. The van der Waals surface area contributed by atoms with Crippen molar-refractivity contribution in [2.75, 3.05) is 13.1 Å². The largest absolute Gasteiger partial charge is 0.254 e. The maximum absolute atomic E-state index is 3.15. The smallest absolute Gasteiger partial charge is 0.0284 e. The Kier molecular flexibility index (Phi) is 5.88. The van der Waals surface area contributed by atoms with Crippen LogP contribution in [0.15, 0.2) is 47.2 Å². The van der Waals surface area contributed by atoms with Crippen molar-refractivity contribution in [1.82, 2.24) is 10.9 Å². The van der Waals surface area contributed by atoms with Gasteiger partial charge in [-0.3, -0.25) is 10.9 Å². The molecule has 0 spiro atoms. The van der Waals surface area contributed by atoms with Crippen LogP contribution in [0.25, 0.3) is 12.2 Å². The van der Waals surface area contributed by atoms with Crippen molar-refractivity contribution in [2.45, 2.75) is 0 Å². The highest BCUT2D eigenvalue weighted by Crippen LogP contribution is 2.10. The van der Waals surface area contributed by atoms with Crippen molar-refractivity contribution in [2.24, 2.45) is 0 Å². The minimum Gasteiger partial charge on any atom is -0.254 e. The number of nitrogens with one attached hydrogen (secondary N) is 2. The number of hydrazine groups is 1. The summed E-state index contributed by atoms with van der Waals surface area (Å²) in [5.74, 6) is 0. The fourth-order valence-corrected chi connectivity index (χ4v) is 2.68. The summed E-state index contributed by atoms with van der Waals surface area (Å²) < 4.78 is 0. The molecule has 2 aromatic heterocycles. The van der Waals surface area contributed by atoms with Crippen LogP contribution in [0.5, 0.6) is 0 Å². The Morgan fingerprint density at radius 2 is 1.33 bits per heavy atom. The first-order chi connectivity index (χ1) is 8.95. The van der Waals surface area contributed by atoms with Crippen LogP contribution in [0.4, 0.5) is 0 Å². The Labute approximate surface area is 116 Å². The fraction of sp³-hybridized carbons (Fsp3) is 0.143. The molecule has 0 amide bonds. The normalized spacial score (nSPS) is 11.8. The summed E-state index contributed by atoms with van der Waals surface area (Å²) in [7, 11) is 0. The van der Waals surface area contributed by atoms with Gasteiger partial charge in [-0.2, -0.15) is 0 Å². The van der Waals surface area contributed by atoms with E-state index in [9.17, 15) is 0 Å². The van der Waals surface area contributed by atoms with Crippen LogP contribution >= 0.6 is 22.7 Å². The van der Waals surface area contributed by atoms with Gasteiger partial charge >= 0.3 is 0 Å². The summed E-state index contributed by atoms with van der Waals surface area (Å²) in [4.78, 5) is 2.57. The Morgan fingerprint density at radius 1 is 0.833 bits per heavy atom. The number of hydrogen-bond acceptors (Lipinski definition) is 4. The van der Waals surface area contributed by atoms with Crippen LogP contribution in [0.2, 0.25) is 0 Å². The quantitative estimate of drug-likeness (QED) is 0.596. The molecule has 2 aromatic rings. The average Bonchev–Trinajstić information content (AvgIpc) is 3.05. The lowest BCUT2D eigenvalue weighted by Gasteiger charge is -1.99. The van der Waals surface area contributed by atoms with Gasteiger partial charge in [0, 0.05) is 22.8 Å². The Morgan fingerprint density at radius 3 is 1.72 bits per heavy atom. The van der Waals surface area contributed by atoms with Gasteiger partial charge in [0.25, 0.3) is 0 Å². The summed E-state index contributed by atoms with van der Waals surface area (Å²) in [5, 5.41) is 4.17. The lowest BCUT2D eigenvalue weighted by atomic mass is 10.4. The van der Waals surface area contributed by atoms with Crippen LogP contribution in [-0.4, -0.2) is 13.1 Å². The van der Waals surface area contributed by atoms with Gasteiger partial charge in [0.1, 0.15) is 0 Å². The molecular weight excluding hydrogens is 260 g/mol. The molecule has 0 bridgehead atoms. The predicted octanol–water partition coefficient (Wildman–Crippen LogP) is 3.63.